The molecule has 3 heterocycles. The van der Waals surface area contributed by atoms with Crippen molar-refractivity contribution in [1.29, 1.82) is 0 Å². The second-order valence-electron chi connectivity index (χ2n) is 6.72. The predicted octanol–water partition coefficient (Wildman–Crippen LogP) is 3.37. The molecule has 0 atom stereocenters. The van der Waals surface area contributed by atoms with Gasteiger partial charge in [-0.3, -0.25) is 18.9 Å². The smallest absolute Gasteiger partial charge is 0.267 e. The van der Waals surface area contributed by atoms with E-state index in [2.05, 4.69) is 24.1 Å². The highest BCUT2D eigenvalue weighted by atomic mass is 32.2. The Kier molecular flexibility index (Phi) is 5.96. The Balaban J connectivity index is 2.10. The largest absolute Gasteiger partial charge is 0.369 e. The van der Waals surface area contributed by atoms with Crippen molar-refractivity contribution < 1.29 is 4.79 Å². The maximum Gasteiger partial charge on any atom is 0.267 e. The molecule has 1 aliphatic rings. The van der Waals surface area contributed by atoms with E-state index in [1.807, 2.05) is 13.0 Å². The van der Waals surface area contributed by atoms with Crippen molar-refractivity contribution in [3.8, 4) is 0 Å². The molecule has 8 heteroatoms. The Bertz CT molecular complexity index is 981. The van der Waals surface area contributed by atoms with Crippen molar-refractivity contribution in [2.24, 2.45) is 5.92 Å². The van der Waals surface area contributed by atoms with Crippen LogP contribution < -0.4 is 10.9 Å². The van der Waals surface area contributed by atoms with Gasteiger partial charge in [0.05, 0.1) is 10.5 Å². The molecule has 1 fully saturated rings. The van der Waals surface area contributed by atoms with Crippen molar-refractivity contribution in [3.63, 3.8) is 0 Å². The summed E-state index contributed by atoms with van der Waals surface area (Å²) in [6.45, 7) is 7.41. The lowest BCUT2D eigenvalue weighted by Crippen LogP contribution is -2.28. The number of thioether (sulfide) groups is 1. The maximum absolute atomic E-state index is 13.0. The second-order valence-corrected chi connectivity index (χ2v) is 8.39. The topological polar surface area (TPSA) is 66.7 Å². The Hall–Kier alpha value is -2.19. The van der Waals surface area contributed by atoms with Gasteiger partial charge in [0.25, 0.3) is 11.5 Å². The van der Waals surface area contributed by atoms with Gasteiger partial charge < -0.3 is 5.32 Å². The molecular weight excluding hydrogens is 380 g/mol. The summed E-state index contributed by atoms with van der Waals surface area (Å²) in [6, 6.07) is 5.40. The van der Waals surface area contributed by atoms with E-state index >= 15 is 0 Å². The van der Waals surface area contributed by atoms with E-state index in [4.69, 9.17) is 12.2 Å². The summed E-state index contributed by atoms with van der Waals surface area (Å²) in [4.78, 5) is 32.3. The van der Waals surface area contributed by atoms with Crippen LogP contribution in [0.4, 0.5) is 5.82 Å². The van der Waals surface area contributed by atoms with E-state index in [1.165, 1.54) is 16.2 Å². The fraction of sp³-hybridized carbons (Fsp3) is 0.368. The molecule has 0 aromatic carbocycles. The number of hydrogen-bond donors (Lipinski definition) is 1. The molecule has 0 radical (unpaired) electrons. The highest BCUT2D eigenvalue weighted by Crippen LogP contribution is 2.33. The lowest BCUT2D eigenvalue weighted by molar-refractivity contribution is -0.122. The van der Waals surface area contributed by atoms with Gasteiger partial charge in [-0.15, -0.1) is 0 Å². The molecule has 0 spiro atoms. The van der Waals surface area contributed by atoms with Crippen molar-refractivity contribution in [2.75, 3.05) is 18.4 Å². The SMILES string of the molecule is CCCN1C(=O)/C(=C/c2c(NCC(C)C)nc3ccccn3c2=O)SC1=S. The van der Waals surface area contributed by atoms with Gasteiger partial charge in [-0.1, -0.05) is 50.8 Å². The number of hydrogen-bond acceptors (Lipinski definition) is 6. The van der Waals surface area contributed by atoms with Crippen LogP contribution in [0, 0.1) is 5.92 Å². The first-order valence-electron chi connectivity index (χ1n) is 8.93. The molecule has 3 rings (SSSR count). The number of nitrogens with one attached hydrogen (secondary N) is 1. The molecule has 1 amide bonds. The van der Waals surface area contributed by atoms with Crippen LogP contribution in [0.2, 0.25) is 0 Å². The van der Waals surface area contributed by atoms with Crippen LogP contribution in [0.3, 0.4) is 0 Å². The van der Waals surface area contributed by atoms with Crippen molar-refractivity contribution >= 4 is 51.7 Å². The Morgan fingerprint density at radius 1 is 1.33 bits per heavy atom. The maximum atomic E-state index is 13.0. The number of aromatic nitrogens is 2. The molecule has 0 bridgehead atoms. The van der Waals surface area contributed by atoms with E-state index in [0.29, 0.717) is 45.3 Å². The van der Waals surface area contributed by atoms with Gasteiger partial charge in [-0.2, -0.15) is 0 Å². The van der Waals surface area contributed by atoms with Gasteiger partial charge in [-0.05, 0) is 30.5 Å². The van der Waals surface area contributed by atoms with E-state index in [-0.39, 0.29) is 11.5 Å². The molecule has 0 unspecified atom stereocenters. The first-order chi connectivity index (χ1) is 12.9. The second kappa shape index (κ2) is 8.22. The number of amides is 1. The van der Waals surface area contributed by atoms with Crippen LogP contribution >= 0.6 is 24.0 Å². The molecule has 142 valence electrons. The number of carbonyl (C=O) groups is 1. The van der Waals surface area contributed by atoms with Crippen LogP contribution in [0.1, 0.15) is 32.8 Å². The van der Waals surface area contributed by atoms with Gasteiger partial charge in [0, 0.05) is 19.3 Å². The van der Waals surface area contributed by atoms with Crippen LogP contribution in [0.25, 0.3) is 11.7 Å². The number of anilines is 1. The summed E-state index contributed by atoms with van der Waals surface area (Å²) in [5.74, 6) is 0.719. The fourth-order valence-electron chi connectivity index (χ4n) is 2.72. The minimum absolute atomic E-state index is 0.154. The predicted molar refractivity (Wildman–Crippen MR) is 115 cm³/mol. The standard InChI is InChI=1S/C19H22N4O2S2/c1-4-8-23-18(25)14(27-19(23)26)10-13-16(20-11-12(2)3)21-15-7-5-6-9-22(15)17(13)24/h5-7,9-10,12,20H,4,8,11H2,1-3H3/b14-10-. The zero-order valence-electron chi connectivity index (χ0n) is 15.6. The molecular formula is C19H22N4O2S2. The molecule has 2 aromatic rings. The number of nitrogens with zero attached hydrogens (tertiary/aromatic N) is 3. The number of rotatable bonds is 6. The van der Waals surface area contributed by atoms with Crippen LogP contribution in [-0.2, 0) is 4.79 Å². The number of pyridine rings is 1. The van der Waals surface area contributed by atoms with E-state index in [1.54, 1.807) is 29.3 Å². The van der Waals surface area contributed by atoms with Gasteiger partial charge in [0.1, 0.15) is 15.8 Å². The highest BCUT2D eigenvalue weighted by molar-refractivity contribution is 8.26. The molecule has 2 aromatic heterocycles. The molecule has 0 saturated carbocycles. The van der Waals surface area contributed by atoms with E-state index < -0.39 is 0 Å². The highest BCUT2D eigenvalue weighted by Gasteiger charge is 2.31. The zero-order chi connectivity index (χ0) is 19.6. The van der Waals surface area contributed by atoms with Crippen LogP contribution in [0.15, 0.2) is 34.1 Å². The summed E-state index contributed by atoms with van der Waals surface area (Å²) in [5.41, 5.74) is 0.716. The number of fused-ring (bicyclic) bond motifs is 1. The van der Waals surface area contributed by atoms with Crippen molar-refractivity contribution in [3.05, 3.63) is 45.2 Å². The quantitative estimate of drug-likeness (QED) is 0.590. The Morgan fingerprint density at radius 2 is 2.11 bits per heavy atom. The molecule has 1 saturated heterocycles. The minimum Gasteiger partial charge on any atom is -0.369 e. The molecule has 1 N–H and O–H groups in total. The average Bonchev–Trinajstić information content (AvgIpc) is 2.90. The van der Waals surface area contributed by atoms with Gasteiger partial charge in [0.15, 0.2) is 0 Å². The van der Waals surface area contributed by atoms with Crippen molar-refractivity contribution in [2.45, 2.75) is 27.2 Å². The lowest BCUT2D eigenvalue weighted by atomic mass is 10.2. The fourth-order valence-corrected chi connectivity index (χ4v) is 4.01. The molecule has 0 aliphatic carbocycles. The third-order valence-corrected chi connectivity index (χ3v) is 5.42. The summed E-state index contributed by atoms with van der Waals surface area (Å²) < 4.78 is 2.01. The molecule has 27 heavy (non-hydrogen) atoms. The molecule has 1 aliphatic heterocycles. The first-order valence-corrected chi connectivity index (χ1v) is 10.2. The van der Waals surface area contributed by atoms with Crippen molar-refractivity contribution in [1.82, 2.24) is 14.3 Å². The Labute approximate surface area is 167 Å². The average molecular weight is 403 g/mol. The van der Waals surface area contributed by atoms with E-state index in [9.17, 15) is 9.59 Å². The minimum atomic E-state index is -0.215. The normalized spacial score (nSPS) is 16.1. The first kappa shape index (κ1) is 19.6. The van der Waals surface area contributed by atoms with Crippen LogP contribution in [0.5, 0.6) is 0 Å². The summed E-state index contributed by atoms with van der Waals surface area (Å²) in [6.07, 6.45) is 4.12. The van der Waals surface area contributed by atoms with Crippen LogP contribution in [-0.4, -0.2) is 37.6 Å². The number of carbonyl (C=O) groups excluding carboxylic acids is 1. The van der Waals surface area contributed by atoms with E-state index in [0.717, 1.165) is 6.42 Å². The number of thiocarbonyl (C=S) groups is 1. The van der Waals surface area contributed by atoms with Gasteiger partial charge in [0.2, 0.25) is 0 Å². The van der Waals surface area contributed by atoms with Gasteiger partial charge in [-0.25, -0.2) is 4.98 Å². The van der Waals surface area contributed by atoms with Gasteiger partial charge >= 0.3 is 0 Å². The molecule has 6 nitrogen and oxygen atoms in total. The summed E-state index contributed by atoms with van der Waals surface area (Å²) >= 11 is 6.55. The third kappa shape index (κ3) is 4.06. The Morgan fingerprint density at radius 3 is 2.81 bits per heavy atom. The zero-order valence-corrected chi connectivity index (χ0v) is 17.2. The summed E-state index contributed by atoms with van der Waals surface area (Å²) in [5, 5.41) is 3.25. The monoisotopic (exact) mass is 402 g/mol. The lowest BCUT2D eigenvalue weighted by Gasteiger charge is -2.13. The summed E-state index contributed by atoms with van der Waals surface area (Å²) in [7, 11) is 0. The third-order valence-electron chi connectivity index (χ3n) is 4.04.